The van der Waals surface area contributed by atoms with Crippen molar-refractivity contribution in [1.29, 1.82) is 0 Å². The van der Waals surface area contributed by atoms with Crippen LogP contribution in [-0.4, -0.2) is 24.3 Å². The molecule has 1 N–H and O–H groups in total. The largest absolute Gasteiger partial charge is 0.497 e. The van der Waals surface area contributed by atoms with E-state index in [1.165, 1.54) is 4.88 Å². The summed E-state index contributed by atoms with van der Waals surface area (Å²) in [7, 11) is 3.29. The van der Waals surface area contributed by atoms with Gasteiger partial charge in [-0.25, -0.2) is 0 Å². The molecule has 1 aromatic carbocycles. The lowest BCUT2D eigenvalue weighted by molar-refractivity contribution is 0.394. The number of thiocarbonyl (C=S) groups is 1. The topological polar surface area (TPSA) is 46.6 Å². The first-order valence-electron chi connectivity index (χ1n) is 8.49. The quantitative estimate of drug-likeness (QED) is 0.647. The lowest BCUT2D eigenvalue weighted by Crippen LogP contribution is -2.29. The van der Waals surface area contributed by atoms with E-state index in [0.717, 1.165) is 17.1 Å². The van der Waals surface area contributed by atoms with Gasteiger partial charge in [0.05, 0.1) is 37.7 Å². The monoisotopic (exact) mass is 397 g/mol. The van der Waals surface area contributed by atoms with Crippen LogP contribution in [0.5, 0.6) is 11.5 Å². The Morgan fingerprint density at radius 2 is 2.00 bits per heavy atom. The van der Waals surface area contributed by atoms with Crippen molar-refractivity contribution >= 4 is 34.4 Å². The Hall–Kier alpha value is -2.64. The summed E-state index contributed by atoms with van der Waals surface area (Å²) in [6.07, 6.45) is 1.81. The van der Waals surface area contributed by atoms with Crippen LogP contribution in [0.25, 0.3) is 0 Å². The van der Waals surface area contributed by atoms with Crippen molar-refractivity contribution in [1.82, 2.24) is 10.3 Å². The highest BCUT2D eigenvalue weighted by Crippen LogP contribution is 2.46. The van der Waals surface area contributed by atoms with Gasteiger partial charge in [0.1, 0.15) is 11.5 Å². The SMILES string of the molecule is COc1ccc(N2C(=S)N[C@H](c3ccccn3)[C@H]2c2cccs2)c(OC)c1. The first kappa shape index (κ1) is 17.8. The van der Waals surface area contributed by atoms with Crippen LogP contribution in [0.2, 0.25) is 0 Å². The number of aromatic nitrogens is 1. The molecule has 0 amide bonds. The van der Waals surface area contributed by atoms with Crippen molar-refractivity contribution in [3.63, 3.8) is 0 Å². The molecular weight excluding hydrogens is 378 g/mol. The molecule has 1 aliphatic rings. The molecule has 3 heterocycles. The minimum absolute atomic E-state index is 0.0188. The van der Waals surface area contributed by atoms with Crippen LogP contribution >= 0.6 is 23.6 Å². The van der Waals surface area contributed by atoms with Crippen molar-refractivity contribution in [3.8, 4) is 11.5 Å². The van der Waals surface area contributed by atoms with E-state index in [-0.39, 0.29) is 12.1 Å². The predicted octanol–water partition coefficient (Wildman–Crippen LogP) is 4.34. The number of nitrogens with zero attached hydrogens (tertiary/aromatic N) is 2. The highest BCUT2D eigenvalue weighted by molar-refractivity contribution is 7.80. The van der Waals surface area contributed by atoms with Crippen LogP contribution in [0.4, 0.5) is 5.69 Å². The molecular formula is C20H19N3O2S2. The Labute approximate surface area is 167 Å². The number of hydrogen-bond donors (Lipinski definition) is 1. The summed E-state index contributed by atoms with van der Waals surface area (Å²) in [6, 6.07) is 15.8. The molecule has 2 atom stereocenters. The minimum atomic E-state index is -0.0517. The van der Waals surface area contributed by atoms with Crippen molar-refractivity contribution < 1.29 is 9.47 Å². The number of methoxy groups -OCH3 is 2. The van der Waals surface area contributed by atoms with Gasteiger partial charge in [-0.05, 0) is 47.9 Å². The van der Waals surface area contributed by atoms with Gasteiger partial charge in [0.15, 0.2) is 5.11 Å². The molecule has 0 spiro atoms. The molecule has 1 fully saturated rings. The van der Waals surface area contributed by atoms with E-state index in [2.05, 4.69) is 32.7 Å². The maximum Gasteiger partial charge on any atom is 0.174 e. The molecule has 0 bridgehead atoms. The van der Waals surface area contributed by atoms with Gasteiger partial charge in [0, 0.05) is 17.1 Å². The molecule has 3 aromatic rings. The molecule has 1 aliphatic heterocycles. The maximum absolute atomic E-state index is 5.72. The molecule has 4 rings (SSSR count). The third kappa shape index (κ3) is 3.24. The summed E-state index contributed by atoms with van der Waals surface area (Å²) < 4.78 is 11.0. The van der Waals surface area contributed by atoms with E-state index in [4.69, 9.17) is 21.7 Å². The summed E-state index contributed by atoms with van der Waals surface area (Å²) in [4.78, 5) is 7.87. The van der Waals surface area contributed by atoms with Crippen LogP contribution in [0, 0.1) is 0 Å². The smallest absolute Gasteiger partial charge is 0.174 e. The molecule has 1 saturated heterocycles. The first-order valence-corrected chi connectivity index (χ1v) is 9.78. The van der Waals surface area contributed by atoms with Crippen LogP contribution < -0.4 is 19.7 Å². The predicted molar refractivity (Wildman–Crippen MR) is 112 cm³/mol. The summed E-state index contributed by atoms with van der Waals surface area (Å²) >= 11 is 7.43. The fourth-order valence-corrected chi connectivity index (χ4v) is 4.54. The van der Waals surface area contributed by atoms with Gasteiger partial charge in [-0.2, -0.15) is 0 Å². The number of nitrogens with one attached hydrogen (secondary N) is 1. The number of ether oxygens (including phenoxy) is 2. The fourth-order valence-electron chi connectivity index (χ4n) is 3.35. The van der Waals surface area contributed by atoms with Crippen LogP contribution in [-0.2, 0) is 0 Å². The van der Waals surface area contributed by atoms with Crippen molar-refractivity contribution in [3.05, 3.63) is 70.7 Å². The molecule has 138 valence electrons. The van der Waals surface area contributed by atoms with E-state index in [1.807, 2.05) is 42.6 Å². The van der Waals surface area contributed by atoms with Crippen LogP contribution in [0.15, 0.2) is 60.1 Å². The standard InChI is InChI=1S/C20H19N3O2S2/c1-24-13-8-9-15(16(12-13)25-2)23-19(17-7-5-11-27-17)18(22-20(23)26)14-6-3-4-10-21-14/h3-12,18-19H,1-2H3,(H,22,26)/t18-,19-/m1/s1. The van der Waals surface area contributed by atoms with E-state index >= 15 is 0 Å². The van der Waals surface area contributed by atoms with E-state index < -0.39 is 0 Å². The summed E-state index contributed by atoms with van der Waals surface area (Å²) in [5.41, 5.74) is 1.85. The summed E-state index contributed by atoms with van der Waals surface area (Å²) in [5, 5.41) is 6.18. The van der Waals surface area contributed by atoms with Crippen LogP contribution in [0.1, 0.15) is 22.7 Å². The van der Waals surface area contributed by atoms with Gasteiger partial charge in [-0.15, -0.1) is 11.3 Å². The number of thiophene rings is 1. The Kier molecular flexibility index (Phi) is 4.96. The van der Waals surface area contributed by atoms with Crippen molar-refractivity contribution in [2.75, 3.05) is 19.1 Å². The lowest BCUT2D eigenvalue weighted by atomic mass is 10.0. The van der Waals surface area contributed by atoms with E-state index in [9.17, 15) is 0 Å². The zero-order chi connectivity index (χ0) is 18.8. The van der Waals surface area contributed by atoms with E-state index in [0.29, 0.717) is 10.9 Å². The minimum Gasteiger partial charge on any atom is -0.497 e. The highest BCUT2D eigenvalue weighted by atomic mass is 32.1. The highest BCUT2D eigenvalue weighted by Gasteiger charge is 2.42. The second kappa shape index (κ2) is 7.54. The number of pyridine rings is 1. The number of hydrogen-bond acceptors (Lipinski definition) is 5. The maximum atomic E-state index is 5.72. The van der Waals surface area contributed by atoms with Gasteiger partial charge in [-0.1, -0.05) is 12.1 Å². The van der Waals surface area contributed by atoms with Crippen LogP contribution in [0.3, 0.4) is 0 Å². The van der Waals surface area contributed by atoms with Crippen molar-refractivity contribution in [2.24, 2.45) is 0 Å². The third-order valence-electron chi connectivity index (χ3n) is 4.58. The molecule has 0 radical (unpaired) electrons. The molecule has 2 aromatic heterocycles. The number of benzene rings is 1. The third-order valence-corrected chi connectivity index (χ3v) is 5.84. The van der Waals surface area contributed by atoms with E-state index in [1.54, 1.807) is 25.6 Å². The molecule has 0 saturated carbocycles. The first-order chi connectivity index (χ1) is 13.2. The zero-order valence-electron chi connectivity index (χ0n) is 15.0. The van der Waals surface area contributed by atoms with Gasteiger partial charge < -0.3 is 19.7 Å². The zero-order valence-corrected chi connectivity index (χ0v) is 16.6. The Balaban J connectivity index is 1.83. The Morgan fingerprint density at radius 3 is 2.67 bits per heavy atom. The van der Waals surface area contributed by atoms with Gasteiger partial charge in [-0.3, -0.25) is 4.98 Å². The second-order valence-electron chi connectivity index (χ2n) is 6.05. The fraction of sp³-hybridized carbons (Fsp3) is 0.200. The molecule has 5 nitrogen and oxygen atoms in total. The molecule has 7 heteroatoms. The normalized spacial score (nSPS) is 19.0. The van der Waals surface area contributed by atoms with Crippen molar-refractivity contribution in [2.45, 2.75) is 12.1 Å². The van der Waals surface area contributed by atoms with Gasteiger partial charge in [0.2, 0.25) is 0 Å². The second-order valence-corrected chi connectivity index (χ2v) is 7.42. The summed E-state index contributed by atoms with van der Waals surface area (Å²) in [5.74, 6) is 1.45. The molecule has 27 heavy (non-hydrogen) atoms. The summed E-state index contributed by atoms with van der Waals surface area (Å²) in [6.45, 7) is 0. The molecule has 0 aliphatic carbocycles. The average molecular weight is 398 g/mol. The number of rotatable bonds is 5. The van der Waals surface area contributed by atoms with Gasteiger partial charge in [0.25, 0.3) is 0 Å². The number of anilines is 1. The molecule has 0 unspecified atom stereocenters. The Morgan fingerprint density at radius 1 is 1.11 bits per heavy atom. The van der Waals surface area contributed by atoms with Gasteiger partial charge >= 0.3 is 0 Å². The Bertz CT molecular complexity index is 932. The lowest BCUT2D eigenvalue weighted by Gasteiger charge is -2.28. The average Bonchev–Trinajstić information content (AvgIpc) is 3.35.